The number of quaternary nitrogens is 2. The molecule has 0 spiro atoms. The number of fused-ring (bicyclic) bond motifs is 2. The molecule has 2 aliphatic heterocycles. The second-order valence-corrected chi connectivity index (χ2v) is 24.6. The fraction of sp³-hybridized carbons (Fsp3) is 0.420. The number of rotatable bonds is 16. The van der Waals surface area contributed by atoms with Crippen LogP contribution in [0.15, 0.2) is 121 Å². The molecule has 0 saturated carbocycles. The van der Waals surface area contributed by atoms with E-state index in [4.69, 9.17) is 0 Å². The Balaban J connectivity index is 1.49. The van der Waals surface area contributed by atoms with Crippen LogP contribution in [-0.4, -0.2) is 126 Å². The van der Waals surface area contributed by atoms with Gasteiger partial charge in [-0.25, -0.2) is 9.00 Å². The summed E-state index contributed by atoms with van der Waals surface area (Å²) in [4.78, 5) is 16.3. The first-order chi connectivity index (χ1) is 29.6. The molecule has 64 heavy (non-hydrogen) atoms. The molecule has 3 aromatic carbocycles. The summed E-state index contributed by atoms with van der Waals surface area (Å²) in [6, 6.07) is 17.4. The summed E-state index contributed by atoms with van der Waals surface area (Å²) < 4.78 is 61.9. The van der Waals surface area contributed by atoms with Crippen molar-refractivity contribution in [2.45, 2.75) is 85.3 Å². The predicted molar refractivity (Wildman–Crippen MR) is 263 cm³/mol. The highest BCUT2D eigenvalue weighted by molar-refractivity contribution is 8.03. The molecule has 14 heteroatoms. The number of carboxylic acid groups (broad SMARTS) is 1. The topological polar surface area (TPSA) is 135 Å². The van der Waals surface area contributed by atoms with E-state index in [9.17, 15) is 31.6 Å². The van der Waals surface area contributed by atoms with Gasteiger partial charge in [-0.3, -0.25) is 4.55 Å². The third-order valence-corrected chi connectivity index (χ3v) is 15.6. The Kier molecular flexibility index (Phi) is 14.0. The number of allylic oxidation sites excluding steroid dienone is 7. The number of carbonyl (C=O) groups is 1. The van der Waals surface area contributed by atoms with Crippen LogP contribution in [0.2, 0.25) is 0 Å². The molecule has 0 amide bonds. The van der Waals surface area contributed by atoms with Gasteiger partial charge < -0.3 is 23.5 Å². The molecular formula is C50H67N4O7S3+3. The summed E-state index contributed by atoms with van der Waals surface area (Å²) in [6.07, 6.45) is 13.2. The van der Waals surface area contributed by atoms with Crippen LogP contribution in [0.5, 0.6) is 0 Å². The molecule has 0 saturated heterocycles. The van der Waals surface area contributed by atoms with Crippen LogP contribution in [0.3, 0.4) is 0 Å². The van der Waals surface area contributed by atoms with Crippen molar-refractivity contribution >= 4 is 60.6 Å². The number of benzene rings is 3. The van der Waals surface area contributed by atoms with E-state index in [0.29, 0.717) is 4.90 Å². The molecule has 0 bridgehead atoms. The Labute approximate surface area is 386 Å². The Morgan fingerprint density at radius 2 is 1.44 bits per heavy atom. The van der Waals surface area contributed by atoms with Gasteiger partial charge in [-0.15, -0.1) is 0 Å². The molecule has 3 N–H and O–H groups in total. The van der Waals surface area contributed by atoms with E-state index < -0.39 is 36.7 Å². The lowest BCUT2D eigenvalue weighted by Gasteiger charge is -2.29. The van der Waals surface area contributed by atoms with Crippen LogP contribution in [0.4, 0.5) is 11.4 Å². The number of anilines is 1. The van der Waals surface area contributed by atoms with Gasteiger partial charge in [0.1, 0.15) is 9.80 Å². The molecule has 6 rings (SSSR count). The smallest absolute Gasteiger partial charge is 0.335 e. The molecule has 11 nitrogen and oxygen atoms in total. The Hall–Kier alpha value is -4.28. The van der Waals surface area contributed by atoms with Crippen LogP contribution in [-0.2, 0) is 30.8 Å². The lowest BCUT2D eigenvalue weighted by Crippen LogP contribution is -2.37. The summed E-state index contributed by atoms with van der Waals surface area (Å²) in [5, 5.41) is 9.66. The molecule has 1 aliphatic carbocycles. The maximum atomic E-state index is 12.8. The number of carboxylic acids is 1. The van der Waals surface area contributed by atoms with Gasteiger partial charge in [0.25, 0.3) is 10.1 Å². The fourth-order valence-electron chi connectivity index (χ4n) is 9.05. The van der Waals surface area contributed by atoms with Crippen LogP contribution in [0, 0.1) is 0 Å². The summed E-state index contributed by atoms with van der Waals surface area (Å²) in [7, 11) is 5.23. The minimum absolute atomic E-state index is 0.126. The van der Waals surface area contributed by atoms with Crippen molar-refractivity contribution in [1.82, 2.24) is 0 Å². The van der Waals surface area contributed by atoms with Gasteiger partial charge in [-0.2, -0.15) is 13.0 Å². The van der Waals surface area contributed by atoms with Gasteiger partial charge in [0.05, 0.1) is 82.6 Å². The summed E-state index contributed by atoms with van der Waals surface area (Å²) in [5.74, 6) is 2.57. The highest BCUT2D eigenvalue weighted by Crippen LogP contribution is 2.50. The van der Waals surface area contributed by atoms with Gasteiger partial charge in [0, 0.05) is 57.3 Å². The van der Waals surface area contributed by atoms with Crippen LogP contribution >= 0.6 is 11.8 Å². The zero-order valence-corrected chi connectivity index (χ0v) is 41.6. The first-order valence-corrected chi connectivity index (χ1v) is 25.8. The van der Waals surface area contributed by atoms with E-state index in [-0.39, 0.29) is 10.5 Å². The Bertz CT molecular complexity index is 2710. The third kappa shape index (κ3) is 11.0. The molecule has 3 aromatic rings. The van der Waals surface area contributed by atoms with E-state index in [0.717, 1.165) is 122 Å². The molecule has 2 heterocycles. The van der Waals surface area contributed by atoms with E-state index >= 15 is 0 Å². The van der Waals surface area contributed by atoms with Gasteiger partial charge in [0.2, 0.25) is 5.69 Å². The summed E-state index contributed by atoms with van der Waals surface area (Å²) in [5.41, 5.74) is 7.31. The van der Waals surface area contributed by atoms with E-state index in [1.807, 2.05) is 24.3 Å². The summed E-state index contributed by atoms with van der Waals surface area (Å²) in [6.45, 7) is 11.9. The van der Waals surface area contributed by atoms with Crippen LogP contribution in [0.25, 0.3) is 0 Å². The highest BCUT2D eigenvalue weighted by atomic mass is 32.2. The van der Waals surface area contributed by atoms with Crippen molar-refractivity contribution in [2.75, 3.05) is 73.4 Å². The highest BCUT2D eigenvalue weighted by Gasteiger charge is 2.45. The number of aromatic carboxylic acids is 1. The minimum Gasteiger partial charge on any atom is -0.478 e. The molecule has 3 aliphatic rings. The molecule has 0 fully saturated rings. The molecule has 1 atom stereocenters. The van der Waals surface area contributed by atoms with E-state index in [2.05, 4.69) is 110 Å². The monoisotopic (exact) mass is 931 g/mol. The maximum Gasteiger partial charge on any atom is 0.335 e. The van der Waals surface area contributed by atoms with Crippen molar-refractivity contribution in [3.8, 4) is 0 Å². The summed E-state index contributed by atoms with van der Waals surface area (Å²) >= 11 is 1.62. The average molecular weight is 932 g/mol. The molecular weight excluding hydrogens is 865 g/mol. The van der Waals surface area contributed by atoms with Crippen molar-refractivity contribution in [2.24, 2.45) is 0 Å². The first kappa shape index (κ1) is 49.2. The second-order valence-electron chi connectivity index (χ2n) is 20.4. The van der Waals surface area contributed by atoms with Crippen molar-refractivity contribution in [3.63, 3.8) is 0 Å². The largest absolute Gasteiger partial charge is 0.478 e. The van der Waals surface area contributed by atoms with Crippen molar-refractivity contribution < 1.29 is 45.2 Å². The molecule has 1 unspecified atom stereocenters. The molecule has 344 valence electrons. The number of nitrogens with zero attached hydrogens (tertiary/aromatic N) is 4. The number of hydrogen-bond donors (Lipinski definition) is 3. The zero-order valence-electron chi connectivity index (χ0n) is 39.1. The molecule has 0 radical (unpaired) electrons. The van der Waals surface area contributed by atoms with Gasteiger partial charge in [-0.1, -0.05) is 37.8 Å². The van der Waals surface area contributed by atoms with E-state index in [1.54, 1.807) is 42.1 Å². The zero-order chi connectivity index (χ0) is 47.2. The SMILES string of the molecule is C=S(=O)(O)c1ccc2c(c1)C(C)(C)C(C=CC1=C(Sc3ccc(C(=O)O)cc3)C(=CC=C3N(CCC[N+](C)(C)C)c4ccc(S(=O)(=O)O)cc4C3(C)C)CCC1)=[N+]2CCC[N+](C)(C)C. The predicted octanol–water partition coefficient (Wildman–Crippen LogP) is 9.14. The lowest BCUT2D eigenvalue weighted by molar-refractivity contribution is -0.871. The molecule has 0 aromatic heterocycles. The van der Waals surface area contributed by atoms with Crippen molar-refractivity contribution in [1.29, 1.82) is 0 Å². The Morgan fingerprint density at radius 3 is 2.05 bits per heavy atom. The van der Waals surface area contributed by atoms with Crippen LogP contribution < -0.4 is 4.90 Å². The van der Waals surface area contributed by atoms with Crippen molar-refractivity contribution in [3.05, 3.63) is 123 Å². The standard InChI is InChI=1S/C50H64N4O7S3/c1-49(2)41-33-39(63(11,57)58)23-25-43(41)51(29-13-31-53(5,6)7)45(49)27-19-35-15-12-16-36(47(35)62-38-21-17-37(18-22-38)48(55)56)20-28-46-50(3,4)42-34-40(64(59,60)61)24-26-44(42)52(46)30-14-32-54(8,9)10/h17-28,33-34H,11-16,29-32H2,1-10H3/p+3. The minimum atomic E-state index is -4.41. The average Bonchev–Trinajstić information content (AvgIpc) is 3.52. The van der Waals surface area contributed by atoms with Crippen LogP contribution in [0.1, 0.15) is 81.3 Å². The van der Waals surface area contributed by atoms with Gasteiger partial charge >= 0.3 is 5.97 Å². The quantitative estimate of drug-likeness (QED) is 0.0557. The van der Waals surface area contributed by atoms with E-state index in [1.165, 1.54) is 6.07 Å². The second kappa shape index (κ2) is 18.2. The number of thioether (sulfide) groups is 1. The first-order valence-electron chi connectivity index (χ1n) is 21.8. The maximum absolute atomic E-state index is 12.8. The van der Waals surface area contributed by atoms with Gasteiger partial charge in [-0.05, 0) is 116 Å². The normalized spacial score (nSPS) is 19.8. The Morgan fingerprint density at radius 1 is 0.812 bits per heavy atom. The lowest BCUT2D eigenvalue weighted by atomic mass is 9.81. The number of hydrogen-bond acceptors (Lipinski definition) is 6. The third-order valence-electron chi connectivity index (χ3n) is 12.5. The fourth-order valence-corrected chi connectivity index (χ4v) is 11.3. The van der Waals surface area contributed by atoms with Gasteiger partial charge in [0.15, 0.2) is 12.3 Å².